The summed E-state index contributed by atoms with van der Waals surface area (Å²) in [5, 5.41) is 0.701. The lowest BCUT2D eigenvalue weighted by Gasteiger charge is -2.18. The summed E-state index contributed by atoms with van der Waals surface area (Å²) in [6.07, 6.45) is 0. The summed E-state index contributed by atoms with van der Waals surface area (Å²) < 4.78 is 39.0. The zero-order chi connectivity index (χ0) is 16.3. The van der Waals surface area contributed by atoms with Crippen molar-refractivity contribution in [2.45, 2.75) is 12.3 Å². The molecule has 22 heavy (non-hydrogen) atoms. The van der Waals surface area contributed by atoms with Crippen LogP contribution in [-0.4, -0.2) is 19.8 Å². The molecular weight excluding hydrogens is 348 g/mol. The Morgan fingerprint density at radius 1 is 1.14 bits per heavy atom. The summed E-state index contributed by atoms with van der Waals surface area (Å²) >= 11 is 12.0. The van der Waals surface area contributed by atoms with Gasteiger partial charge in [0.15, 0.2) is 0 Å². The Labute approximate surface area is 139 Å². The third kappa shape index (κ3) is 4.20. The van der Waals surface area contributed by atoms with Crippen molar-refractivity contribution in [2.75, 3.05) is 7.05 Å². The monoisotopic (exact) mass is 361 g/mol. The van der Waals surface area contributed by atoms with Gasteiger partial charge in [0.1, 0.15) is 5.82 Å². The second-order valence-electron chi connectivity index (χ2n) is 4.86. The zero-order valence-corrected chi connectivity index (χ0v) is 14.1. The molecule has 0 radical (unpaired) electrons. The molecule has 2 aromatic rings. The minimum Gasteiger partial charge on any atom is -0.212 e. The van der Waals surface area contributed by atoms with Crippen LogP contribution >= 0.6 is 23.2 Å². The molecule has 3 nitrogen and oxygen atoms in total. The van der Waals surface area contributed by atoms with Gasteiger partial charge in [-0.3, -0.25) is 0 Å². The van der Waals surface area contributed by atoms with Gasteiger partial charge in [0.05, 0.1) is 15.8 Å². The molecule has 0 aliphatic rings. The number of hydrogen-bond acceptors (Lipinski definition) is 2. The highest BCUT2D eigenvalue weighted by molar-refractivity contribution is 7.88. The van der Waals surface area contributed by atoms with Gasteiger partial charge in [-0.15, -0.1) is 0 Å². The topological polar surface area (TPSA) is 37.4 Å². The summed E-state index contributed by atoms with van der Waals surface area (Å²) in [7, 11) is -2.14. The molecule has 0 unspecified atom stereocenters. The van der Waals surface area contributed by atoms with E-state index in [0.29, 0.717) is 21.2 Å². The lowest BCUT2D eigenvalue weighted by atomic mass is 10.2. The molecule has 7 heteroatoms. The first-order valence-electron chi connectivity index (χ1n) is 6.41. The fourth-order valence-electron chi connectivity index (χ4n) is 1.96. The van der Waals surface area contributed by atoms with Gasteiger partial charge in [-0.2, -0.15) is 0 Å². The summed E-state index contributed by atoms with van der Waals surface area (Å²) in [6, 6.07) is 10.6. The van der Waals surface area contributed by atoms with Crippen molar-refractivity contribution in [1.29, 1.82) is 0 Å². The Balaban J connectivity index is 2.17. The van der Waals surface area contributed by atoms with Gasteiger partial charge in [-0.1, -0.05) is 47.5 Å². The maximum absolute atomic E-state index is 13.1. The van der Waals surface area contributed by atoms with Crippen molar-refractivity contribution in [1.82, 2.24) is 4.31 Å². The Morgan fingerprint density at radius 3 is 2.50 bits per heavy atom. The van der Waals surface area contributed by atoms with Crippen molar-refractivity contribution in [3.05, 3.63) is 69.5 Å². The lowest BCUT2D eigenvalue weighted by Crippen LogP contribution is -2.28. The Bertz CT molecular complexity index is 781. The molecule has 0 saturated carbocycles. The third-order valence-corrected chi connectivity index (χ3v) is 5.77. The van der Waals surface area contributed by atoms with Gasteiger partial charge >= 0.3 is 0 Å². The van der Waals surface area contributed by atoms with Crippen molar-refractivity contribution < 1.29 is 12.8 Å². The Morgan fingerprint density at radius 2 is 1.82 bits per heavy atom. The van der Waals surface area contributed by atoms with Crippen molar-refractivity contribution in [3.63, 3.8) is 0 Å². The van der Waals surface area contributed by atoms with Crippen LogP contribution in [0.25, 0.3) is 0 Å². The highest BCUT2D eigenvalue weighted by Gasteiger charge is 2.20. The molecule has 118 valence electrons. The average Bonchev–Trinajstić information content (AvgIpc) is 2.43. The van der Waals surface area contributed by atoms with E-state index >= 15 is 0 Å². The zero-order valence-electron chi connectivity index (χ0n) is 11.8. The first-order valence-corrected chi connectivity index (χ1v) is 8.77. The van der Waals surface area contributed by atoms with Crippen LogP contribution in [0.5, 0.6) is 0 Å². The van der Waals surface area contributed by atoms with E-state index in [-0.39, 0.29) is 12.3 Å². The molecule has 0 bridgehead atoms. The molecule has 0 amide bonds. The van der Waals surface area contributed by atoms with Crippen molar-refractivity contribution in [3.8, 4) is 0 Å². The Hall–Kier alpha value is -1.14. The van der Waals surface area contributed by atoms with E-state index in [1.807, 2.05) is 0 Å². The number of halogens is 3. The van der Waals surface area contributed by atoms with Crippen LogP contribution in [0, 0.1) is 5.82 Å². The first-order chi connectivity index (χ1) is 10.3. The summed E-state index contributed by atoms with van der Waals surface area (Å²) in [5.74, 6) is -0.743. The molecule has 0 spiro atoms. The quantitative estimate of drug-likeness (QED) is 0.803. The molecule has 0 aliphatic heterocycles. The molecule has 2 aromatic carbocycles. The van der Waals surface area contributed by atoms with E-state index < -0.39 is 15.8 Å². The molecule has 0 aliphatic carbocycles. The number of rotatable bonds is 5. The van der Waals surface area contributed by atoms with Crippen LogP contribution in [0.2, 0.25) is 10.0 Å². The molecule has 0 N–H and O–H groups in total. The first kappa shape index (κ1) is 17.2. The summed E-state index contributed by atoms with van der Waals surface area (Å²) in [6.45, 7) is 0.0943. The van der Waals surface area contributed by atoms with Gasteiger partial charge in [0.25, 0.3) is 0 Å². The minimum atomic E-state index is -3.59. The minimum absolute atomic E-state index is 0.0943. The molecule has 0 fully saturated rings. The van der Waals surface area contributed by atoms with Gasteiger partial charge < -0.3 is 0 Å². The molecule has 0 saturated heterocycles. The van der Waals surface area contributed by atoms with Crippen molar-refractivity contribution in [2.24, 2.45) is 0 Å². The fourth-order valence-corrected chi connectivity index (χ4v) is 3.49. The predicted octanol–water partition coefficient (Wildman–Crippen LogP) is 4.09. The van der Waals surface area contributed by atoms with Gasteiger partial charge in [0.2, 0.25) is 10.0 Å². The van der Waals surface area contributed by atoms with Crippen molar-refractivity contribution >= 4 is 33.2 Å². The maximum atomic E-state index is 13.1. The van der Waals surface area contributed by atoms with E-state index in [9.17, 15) is 12.8 Å². The smallest absolute Gasteiger partial charge is 0.212 e. The van der Waals surface area contributed by atoms with Crippen LogP contribution in [0.3, 0.4) is 0 Å². The van der Waals surface area contributed by atoms with E-state index in [4.69, 9.17) is 23.2 Å². The second-order valence-corrected chi connectivity index (χ2v) is 7.72. The van der Waals surface area contributed by atoms with Gasteiger partial charge in [-0.25, -0.2) is 17.1 Å². The second kappa shape index (κ2) is 6.96. The molecule has 0 aromatic heterocycles. The SMILES string of the molecule is CN(Cc1cccc(Cl)c1Cl)S(=O)(=O)Cc1cccc(F)c1. The van der Waals surface area contributed by atoms with Gasteiger partial charge in [0, 0.05) is 13.6 Å². The van der Waals surface area contributed by atoms with Crippen LogP contribution in [-0.2, 0) is 22.3 Å². The molecule has 0 atom stereocenters. The third-order valence-electron chi connectivity index (χ3n) is 3.14. The van der Waals surface area contributed by atoms with E-state index in [1.165, 1.54) is 29.6 Å². The number of benzene rings is 2. The van der Waals surface area contributed by atoms with Gasteiger partial charge in [-0.05, 0) is 29.3 Å². The van der Waals surface area contributed by atoms with Crippen LogP contribution < -0.4 is 0 Å². The number of hydrogen-bond donors (Lipinski definition) is 0. The lowest BCUT2D eigenvalue weighted by molar-refractivity contribution is 0.466. The number of nitrogens with zero attached hydrogens (tertiary/aromatic N) is 1. The summed E-state index contributed by atoms with van der Waals surface area (Å²) in [5.41, 5.74) is 1.00. The molecule has 2 rings (SSSR count). The number of sulfonamides is 1. The predicted molar refractivity (Wildman–Crippen MR) is 87.0 cm³/mol. The maximum Gasteiger partial charge on any atom is 0.218 e. The molecule has 0 heterocycles. The highest BCUT2D eigenvalue weighted by Crippen LogP contribution is 2.27. The van der Waals surface area contributed by atoms with E-state index in [1.54, 1.807) is 24.3 Å². The normalized spacial score (nSPS) is 11.9. The molecular formula is C15H14Cl2FNO2S. The summed E-state index contributed by atoms with van der Waals surface area (Å²) in [4.78, 5) is 0. The Kier molecular flexibility index (Phi) is 5.45. The standard InChI is InChI=1S/C15H14Cl2FNO2S/c1-19(9-12-5-3-7-14(16)15(12)17)22(20,21)10-11-4-2-6-13(18)8-11/h2-8H,9-10H2,1H3. The van der Waals surface area contributed by atoms with Crippen LogP contribution in [0.1, 0.15) is 11.1 Å². The van der Waals surface area contributed by atoms with E-state index in [0.717, 1.165) is 0 Å². The van der Waals surface area contributed by atoms with Crippen LogP contribution in [0.4, 0.5) is 4.39 Å². The van der Waals surface area contributed by atoms with E-state index in [2.05, 4.69) is 0 Å². The highest BCUT2D eigenvalue weighted by atomic mass is 35.5. The largest absolute Gasteiger partial charge is 0.218 e. The average molecular weight is 362 g/mol. The van der Waals surface area contributed by atoms with Crippen LogP contribution in [0.15, 0.2) is 42.5 Å². The fraction of sp³-hybridized carbons (Fsp3) is 0.200.